The van der Waals surface area contributed by atoms with Gasteiger partial charge in [-0.05, 0) is 29.8 Å². The largest absolute Gasteiger partial charge is 0.299 e. The summed E-state index contributed by atoms with van der Waals surface area (Å²) in [5.74, 6) is 0. The summed E-state index contributed by atoms with van der Waals surface area (Å²) in [6, 6.07) is 11.4. The molecule has 0 atom stereocenters. The molecule has 92 valence electrons. The number of hydrogen-bond acceptors (Lipinski definition) is 3. The summed E-state index contributed by atoms with van der Waals surface area (Å²) in [4.78, 5) is 3.75. The van der Waals surface area contributed by atoms with Crippen LogP contribution < -0.4 is 0 Å². The van der Waals surface area contributed by atoms with E-state index in [9.17, 15) is 8.42 Å². The average Bonchev–Trinajstić information content (AvgIpc) is 2.38. The molecule has 0 radical (unpaired) electrons. The standard InChI is InChI=1S/C12H9ClN2O2S/c13-11-5-3-4-10(8-11)9-15-18(16,17)12-6-1-2-7-14-12/h1-9H. The molecule has 0 bridgehead atoms. The van der Waals surface area contributed by atoms with Crippen molar-refractivity contribution in [3.63, 3.8) is 0 Å². The van der Waals surface area contributed by atoms with E-state index in [1.807, 2.05) is 0 Å². The van der Waals surface area contributed by atoms with Crippen LogP contribution in [0.4, 0.5) is 0 Å². The average molecular weight is 281 g/mol. The minimum absolute atomic E-state index is 0.0803. The number of aromatic nitrogens is 1. The fourth-order valence-electron chi connectivity index (χ4n) is 1.27. The predicted octanol–water partition coefficient (Wildman–Crippen LogP) is 2.54. The summed E-state index contributed by atoms with van der Waals surface area (Å²) in [5.41, 5.74) is 0.613. The van der Waals surface area contributed by atoms with E-state index in [4.69, 9.17) is 11.6 Å². The van der Waals surface area contributed by atoms with E-state index in [-0.39, 0.29) is 5.03 Å². The first-order valence-electron chi connectivity index (χ1n) is 5.05. The Bertz CT molecular complexity index is 669. The first kappa shape index (κ1) is 12.7. The normalized spacial score (nSPS) is 11.8. The molecule has 0 N–H and O–H groups in total. The van der Waals surface area contributed by atoms with Crippen molar-refractivity contribution in [1.82, 2.24) is 4.98 Å². The zero-order valence-corrected chi connectivity index (χ0v) is 10.8. The van der Waals surface area contributed by atoms with Crippen LogP contribution in [0.25, 0.3) is 0 Å². The van der Waals surface area contributed by atoms with Gasteiger partial charge in [0.1, 0.15) is 0 Å². The molecule has 2 rings (SSSR count). The van der Waals surface area contributed by atoms with E-state index in [0.29, 0.717) is 10.6 Å². The molecule has 0 aliphatic rings. The fraction of sp³-hybridized carbons (Fsp3) is 0. The molecular weight excluding hydrogens is 272 g/mol. The van der Waals surface area contributed by atoms with Crippen molar-refractivity contribution in [2.24, 2.45) is 4.40 Å². The molecule has 0 unspecified atom stereocenters. The van der Waals surface area contributed by atoms with Crippen molar-refractivity contribution in [2.45, 2.75) is 5.03 Å². The van der Waals surface area contributed by atoms with Crippen molar-refractivity contribution in [3.8, 4) is 0 Å². The Morgan fingerprint density at radius 2 is 2.00 bits per heavy atom. The van der Waals surface area contributed by atoms with Gasteiger partial charge >= 0.3 is 0 Å². The molecule has 18 heavy (non-hydrogen) atoms. The minimum Gasteiger partial charge on any atom is -0.243 e. The van der Waals surface area contributed by atoms with Gasteiger partial charge in [0.15, 0.2) is 5.03 Å². The second-order valence-corrected chi connectivity index (χ2v) is 5.45. The number of benzene rings is 1. The molecule has 1 aromatic heterocycles. The topological polar surface area (TPSA) is 59.4 Å². The van der Waals surface area contributed by atoms with Gasteiger partial charge < -0.3 is 0 Å². The molecule has 6 heteroatoms. The van der Waals surface area contributed by atoms with Gasteiger partial charge in [-0.15, -0.1) is 0 Å². The van der Waals surface area contributed by atoms with Gasteiger partial charge in [-0.25, -0.2) is 4.98 Å². The minimum atomic E-state index is -3.76. The molecule has 1 aromatic carbocycles. The van der Waals surface area contributed by atoms with Gasteiger partial charge in [-0.2, -0.15) is 12.8 Å². The highest BCUT2D eigenvalue weighted by atomic mass is 35.5. The van der Waals surface area contributed by atoms with Gasteiger partial charge in [0, 0.05) is 17.4 Å². The molecule has 0 fully saturated rings. The smallest absolute Gasteiger partial charge is 0.243 e. The summed E-state index contributed by atoms with van der Waals surface area (Å²) in [5, 5.41) is 0.442. The molecular formula is C12H9ClN2O2S. The van der Waals surface area contributed by atoms with E-state index >= 15 is 0 Å². The molecule has 0 aliphatic carbocycles. The Labute approximate surface area is 110 Å². The number of rotatable bonds is 3. The fourth-order valence-corrected chi connectivity index (χ4v) is 2.28. The van der Waals surface area contributed by atoms with E-state index in [1.165, 1.54) is 18.5 Å². The second-order valence-electron chi connectivity index (χ2n) is 3.43. The quantitative estimate of drug-likeness (QED) is 0.812. The van der Waals surface area contributed by atoms with Crippen LogP contribution in [-0.4, -0.2) is 19.6 Å². The summed E-state index contributed by atoms with van der Waals surface area (Å²) >= 11 is 5.79. The van der Waals surface area contributed by atoms with Crippen molar-refractivity contribution in [3.05, 3.63) is 59.2 Å². The number of hydrogen-bond donors (Lipinski definition) is 0. The monoisotopic (exact) mass is 280 g/mol. The SMILES string of the molecule is O=S(=O)(N=Cc1cccc(Cl)c1)c1ccccn1. The van der Waals surface area contributed by atoms with E-state index in [0.717, 1.165) is 0 Å². The summed E-state index contributed by atoms with van der Waals surface area (Å²) in [6.45, 7) is 0. The van der Waals surface area contributed by atoms with Crippen LogP contribution in [0.3, 0.4) is 0 Å². The van der Waals surface area contributed by atoms with Crippen LogP contribution in [0.15, 0.2) is 58.1 Å². The first-order valence-corrected chi connectivity index (χ1v) is 6.87. The summed E-state index contributed by atoms with van der Waals surface area (Å²) in [6.07, 6.45) is 2.65. The molecule has 0 aliphatic heterocycles. The summed E-state index contributed by atoms with van der Waals surface area (Å²) in [7, 11) is -3.76. The van der Waals surface area contributed by atoms with Gasteiger partial charge in [0.05, 0.1) is 0 Å². The third-order valence-corrected chi connectivity index (χ3v) is 3.48. The number of pyridine rings is 1. The van der Waals surface area contributed by atoms with Crippen molar-refractivity contribution >= 4 is 27.8 Å². The van der Waals surface area contributed by atoms with Gasteiger partial charge in [0.25, 0.3) is 10.0 Å². The Morgan fingerprint density at radius 1 is 1.17 bits per heavy atom. The number of sulfonamides is 1. The van der Waals surface area contributed by atoms with E-state index < -0.39 is 10.0 Å². The molecule has 0 saturated carbocycles. The van der Waals surface area contributed by atoms with E-state index in [1.54, 1.807) is 36.4 Å². The third kappa shape index (κ3) is 3.15. The Kier molecular flexibility index (Phi) is 3.74. The highest BCUT2D eigenvalue weighted by molar-refractivity contribution is 7.90. The van der Waals surface area contributed by atoms with Crippen LogP contribution in [0, 0.1) is 0 Å². The predicted molar refractivity (Wildman–Crippen MR) is 70.5 cm³/mol. The lowest BCUT2D eigenvalue weighted by molar-refractivity contribution is 0.594. The van der Waals surface area contributed by atoms with E-state index in [2.05, 4.69) is 9.38 Å². The molecule has 0 spiro atoms. The van der Waals surface area contributed by atoms with Crippen LogP contribution in [0.2, 0.25) is 5.02 Å². The Hall–Kier alpha value is -1.72. The van der Waals surface area contributed by atoms with Crippen molar-refractivity contribution in [2.75, 3.05) is 0 Å². The molecule has 2 aromatic rings. The zero-order valence-electron chi connectivity index (χ0n) is 9.19. The molecule has 0 saturated heterocycles. The zero-order chi connectivity index (χ0) is 13.0. The maximum absolute atomic E-state index is 11.8. The lowest BCUT2D eigenvalue weighted by Crippen LogP contribution is -2.00. The van der Waals surface area contributed by atoms with Gasteiger partial charge in [-0.1, -0.05) is 29.8 Å². The third-order valence-electron chi connectivity index (χ3n) is 2.09. The maximum Gasteiger partial charge on any atom is 0.299 e. The Balaban J connectivity index is 2.29. The Morgan fingerprint density at radius 3 is 2.67 bits per heavy atom. The maximum atomic E-state index is 11.8. The molecule has 4 nitrogen and oxygen atoms in total. The lowest BCUT2D eigenvalue weighted by atomic mass is 10.2. The second kappa shape index (κ2) is 5.29. The van der Waals surface area contributed by atoms with Crippen LogP contribution in [-0.2, 0) is 10.0 Å². The van der Waals surface area contributed by atoms with Crippen molar-refractivity contribution < 1.29 is 8.42 Å². The highest BCUT2D eigenvalue weighted by Crippen LogP contribution is 2.11. The summed E-state index contributed by atoms with van der Waals surface area (Å²) < 4.78 is 27.2. The molecule has 0 amide bonds. The van der Waals surface area contributed by atoms with Gasteiger partial charge in [-0.3, -0.25) is 0 Å². The number of halogens is 1. The lowest BCUT2D eigenvalue weighted by Gasteiger charge is -1.97. The molecule has 1 heterocycles. The first-order chi connectivity index (χ1) is 8.58. The highest BCUT2D eigenvalue weighted by Gasteiger charge is 2.11. The van der Waals surface area contributed by atoms with Gasteiger partial charge in [0.2, 0.25) is 0 Å². The van der Waals surface area contributed by atoms with Crippen molar-refractivity contribution in [1.29, 1.82) is 0 Å². The van der Waals surface area contributed by atoms with Crippen LogP contribution in [0.5, 0.6) is 0 Å². The van der Waals surface area contributed by atoms with Crippen LogP contribution >= 0.6 is 11.6 Å². The van der Waals surface area contributed by atoms with Crippen LogP contribution in [0.1, 0.15) is 5.56 Å². The number of nitrogens with zero attached hydrogens (tertiary/aromatic N) is 2.